The molecule has 3 aromatic rings. The number of hydrogen-bond acceptors (Lipinski definition) is 2. The van der Waals surface area contributed by atoms with E-state index in [0.29, 0.717) is 18.1 Å². The summed E-state index contributed by atoms with van der Waals surface area (Å²) >= 11 is 0. The fraction of sp³-hybridized carbons (Fsp3) is 0.300. The standard InChI is InChI=1S/C20H24FN5/c1-2-22-20(24-14-16-8-3-4-9-17(16)21)23-12-7-13-26-15-25-18-10-5-6-11-19(18)26/h3-6,8-11,15H,2,7,12-14H2,1H3,(H2,22,23,24). The lowest BCUT2D eigenvalue weighted by Gasteiger charge is -2.12. The molecule has 5 nitrogen and oxygen atoms in total. The third-order valence-corrected chi connectivity index (χ3v) is 4.11. The zero-order valence-electron chi connectivity index (χ0n) is 15.0. The Morgan fingerprint density at radius 3 is 2.77 bits per heavy atom. The number of nitrogens with zero attached hydrogens (tertiary/aromatic N) is 3. The molecular formula is C20H24FN5. The molecule has 0 bridgehead atoms. The van der Waals surface area contributed by atoms with Crippen LogP contribution in [0.5, 0.6) is 0 Å². The Balaban J connectivity index is 1.52. The zero-order chi connectivity index (χ0) is 18.2. The maximum atomic E-state index is 13.7. The van der Waals surface area contributed by atoms with Gasteiger partial charge in [0.2, 0.25) is 0 Å². The first-order valence-electron chi connectivity index (χ1n) is 8.93. The molecule has 0 aliphatic rings. The van der Waals surface area contributed by atoms with E-state index in [2.05, 4.69) is 31.2 Å². The van der Waals surface area contributed by atoms with Crippen LogP contribution in [0.3, 0.4) is 0 Å². The first-order valence-corrected chi connectivity index (χ1v) is 8.93. The van der Waals surface area contributed by atoms with E-state index in [0.717, 1.165) is 37.1 Å². The fourth-order valence-corrected chi connectivity index (χ4v) is 2.78. The highest BCUT2D eigenvalue weighted by molar-refractivity contribution is 5.79. The van der Waals surface area contributed by atoms with Crippen molar-refractivity contribution in [3.63, 3.8) is 0 Å². The number of hydrogen-bond donors (Lipinski definition) is 2. The van der Waals surface area contributed by atoms with E-state index >= 15 is 0 Å². The second-order valence-corrected chi connectivity index (χ2v) is 5.99. The topological polar surface area (TPSA) is 54.2 Å². The molecular weight excluding hydrogens is 329 g/mol. The summed E-state index contributed by atoms with van der Waals surface area (Å²) in [5, 5.41) is 6.50. The lowest BCUT2D eigenvalue weighted by molar-refractivity contribution is 0.609. The van der Waals surface area contributed by atoms with Gasteiger partial charge in [-0.2, -0.15) is 0 Å². The first-order chi connectivity index (χ1) is 12.8. The SMILES string of the molecule is CCNC(=NCc1ccccc1F)NCCCn1cnc2ccccc21. The number of para-hydroxylation sites is 2. The Kier molecular flexibility index (Phi) is 6.19. The van der Waals surface area contributed by atoms with E-state index in [1.54, 1.807) is 12.1 Å². The van der Waals surface area contributed by atoms with Gasteiger partial charge in [0.15, 0.2) is 5.96 Å². The van der Waals surface area contributed by atoms with Crippen molar-refractivity contribution in [2.75, 3.05) is 13.1 Å². The summed E-state index contributed by atoms with van der Waals surface area (Å²) in [7, 11) is 0. The van der Waals surface area contributed by atoms with Crippen LogP contribution in [-0.2, 0) is 13.1 Å². The molecule has 0 atom stereocenters. The molecule has 2 aromatic carbocycles. The third-order valence-electron chi connectivity index (χ3n) is 4.11. The molecule has 26 heavy (non-hydrogen) atoms. The largest absolute Gasteiger partial charge is 0.357 e. The maximum Gasteiger partial charge on any atom is 0.191 e. The molecule has 2 N–H and O–H groups in total. The molecule has 3 rings (SSSR count). The summed E-state index contributed by atoms with van der Waals surface area (Å²) in [6.07, 6.45) is 2.81. The molecule has 1 aromatic heterocycles. The van der Waals surface area contributed by atoms with Gasteiger partial charge in [-0.3, -0.25) is 0 Å². The highest BCUT2D eigenvalue weighted by atomic mass is 19.1. The van der Waals surface area contributed by atoms with E-state index < -0.39 is 0 Å². The van der Waals surface area contributed by atoms with Gasteiger partial charge in [0, 0.05) is 25.2 Å². The van der Waals surface area contributed by atoms with Crippen LogP contribution in [0.1, 0.15) is 18.9 Å². The second kappa shape index (κ2) is 8.99. The molecule has 0 saturated carbocycles. The van der Waals surface area contributed by atoms with E-state index in [1.165, 1.54) is 6.07 Å². The second-order valence-electron chi connectivity index (χ2n) is 5.99. The highest BCUT2D eigenvalue weighted by Crippen LogP contribution is 2.12. The zero-order valence-corrected chi connectivity index (χ0v) is 15.0. The number of aliphatic imine (C=N–C) groups is 1. The summed E-state index contributed by atoms with van der Waals surface area (Å²) in [5.74, 6) is 0.477. The van der Waals surface area contributed by atoms with Gasteiger partial charge in [0.05, 0.1) is 23.9 Å². The van der Waals surface area contributed by atoms with Crippen molar-refractivity contribution < 1.29 is 4.39 Å². The minimum Gasteiger partial charge on any atom is -0.357 e. The molecule has 136 valence electrons. The molecule has 0 amide bonds. The molecule has 1 heterocycles. The summed E-state index contributed by atoms with van der Waals surface area (Å²) in [6.45, 7) is 4.73. The van der Waals surface area contributed by atoms with Crippen molar-refractivity contribution >= 4 is 17.0 Å². The number of rotatable bonds is 7. The molecule has 6 heteroatoms. The van der Waals surface area contributed by atoms with E-state index in [9.17, 15) is 4.39 Å². The molecule has 0 radical (unpaired) electrons. The number of fused-ring (bicyclic) bond motifs is 1. The summed E-state index contributed by atoms with van der Waals surface area (Å²) in [4.78, 5) is 8.87. The number of benzene rings is 2. The third kappa shape index (κ3) is 4.59. The van der Waals surface area contributed by atoms with Crippen LogP contribution in [0.2, 0.25) is 0 Å². The van der Waals surface area contributed by atoms with E-state index in [1.807, 2.05) is 37.5 Å². The number of aromatic nitrogens is 2. The number of aryl methyl sites for hydroxylation is 1. The van der Waals surface area contributed by atoms with Gasteiger partial charge in [-0.1, -0.05) is 30.3 Å². The van der Waals surface area contributed by atoms with E-state index in [-0.39, 0.29) is 5.82 Å². The summed E-state index contributed by atoms with van der Waals surface area (Å²) < 4.78 is 15.9. The van der Waals surface area contributed by atoms with Gasteiger partial charge in [-0.15, -0.1) is 0 Å². The van der Waals surface area contributed by atoms with Gasteiger partial charge in [0.1, 0.15) is 5.82 Å². The average molecular weight is 353 g/mol. The highest BCUT2D eigenvalue weighted by Gasteiger charge is 2.03. The molecule has 0 unspecified atom stereocenters. The number of guanidine groups is 1. The molecule has 0 aliphatic heterocycles. The molecule has 0 aliphatic carbocycles. The van der Waals surface area contributed by atoms with Gasteiger partial charge in [-0.05, 0) is 31.5 Å². The van der Waals surface area contributed by atoms with Crippen molar-refractivity contribution in [3.8, 4) is 0 Å². The van der Waals surface area contributed by atoms with Crippen molar-refractivity contribution in [1.82, 2.24) is 20.2 Å². The van der Waals surface area contributed by atoms with Gasteiger partial charge in [0.25, 0.3) is 0 Å². The van der Waals surface area contributed by atoms with Crippen molar-refractivity contribution in [1.29, 1.82) is 0 Å². The minimum atomic E-state index is -0.223. The lowest BCUT2D eigenvalue weighted by Crippen LogP contribution is -2.38. The lowest BCUT2D eigenvalue weighted by atomic mass is 10.2. The molecule has 0 spiro atoms. The monoisotopic (exact) mass is 353 g/mol. The molecule has 0 saturated heterocycles. The van der Waals surface area contributed by atoms with Crippen LogP contribution in [0.25, 0.3) is 11.0 Å². The van der Waals surface area contributed by atoms with Crippen LogP contribution in [0.4, 0.5) is 4.39 Å². The Morgan fingerprint density at radius 1 is 1.12 bits per heavy atom. The number of imidazole rings is 1. The smallest absolute Gasteiger partial charge is 0.191 e. The van der Waals surface area contributed by atoms with Crippen LogP contribution >= 0.6 is 0 Å². The predicted molar refractivity (Wildman–Crippen MR) is 104 cm³/mol. The van der Waals surface area contributed by atoms with Crippen molar-refractivity contribution in [2.24, 2.45) is 4.99 Å². The summed E-state index contributed by atoms with van der Waals surface area (Å²) in [6, 6.07) is 14.8. The van der Waals surface area contributed by atoms with Crippen LogP contribution in [0, 0.1) is 5.82 Å². The Bertz CT molecular complexity index is 871. The average Bonchev–Trinajstić information content (AvgIpc) is 3.07. The minimum absolute atomic E-state index is 0.223. The van der Waals surface area contributed by atoms with E-state index in [4.69, 9.17) is 0 Å². The van der Waals surface area contributed by atoms with Gasteiger partial charge in [-0.25, -0.2) is 14.4 Å². The normalized spacial score (nSPS) is 11.7. The molecule has 0 fully saturated rings. The van der Waals surface area contributed by atoms with Gasteiger partial charge >= 0.3 is 0 Å². The Hall–Kier alpha value is -2.89. The Morgan fingerprint density at radius 2 is 1.92 bits per heavy atom. The van der Waals surface area contributed by atoms with Crippen molar-refractivity contribution in [3.05, 3.63) is 66.2 Å². The number of nitrogens with one attached hydrogen (secondary N) is 2. The van der Waals surface area contributed by atoms with Crippen LogP contribution in [-0.4, -0.2) is 28.6 Å². The van der Waals surface area contributed by atoms with Gasteiger partial charge < -0.3 is 15.2 Å². The van der Waals surface area contributed by atoms with Crippen LogP contribution in [0.15, 0.2) is 59.9 Å². The fourth-order valence-electron chi connectivity index (χ4n) is 2.78. The first kappa shape index (κ1) is 17.9. The van der Waals surface area contributed by atoms with Crippen molar-refractivity contribution in [2.45, 2.75) is 26.4 Å². The maximum absolute atomic E-state index is 13.7. The number of halogens is 1. The van der Waals surface area contributed by atoms with Crippen LogP contribution < -0.4 is 10.6 Å². The Labute approximate surface area is 153 Å². The predicted octanol–water partition coefficient (Wildman–Crippen LogP) is 3.32. The summed E-state index contributed by atoms with van der Waals surface area (Å²) in [5.41, 5.74) is 2.75. The quantitative estimate of drug-likeness (QED) is 0.389.